The lowest BCUT2D eigenvalue weighted by Crippen LogP contribution is -2.66. The highest BCUT2D eigenvalue weighted by atomic mass is 28.4. The molecular formula is C27H26OSi2. The van der Waals surface area contributed by atoms with Crippen molar-refractivity contribution in [3.05, 3.63) is 134 Å². The smallest absolute Gasteiger partial charge is 0.249 e. The van der Waals surface area contributed by atoms with Crippen LogP contribution in [-0.4, -0.2) is 17.4 Å². The molecule has 0 N–H and O–H groups in total. The lowest BCUT2D eigenvalue weighted by molar-refractivity contribution is 0.604. The monoisotopic (exact) mass is 422 g/mol. The minimum absolute atomic E-state index is 0.837. The predicted octanol–water partition coefficient (Wildman–Crippen LogP) is 3.49. The van der Waals surface area contributed by atoms with Gasteiger partial charge in [-0.25, -0.2) is 0 Å². The molecule has 0 heterocycles. The Kier molecular flexibility index (Phi) is 6.55. The van der Waals surface area contributed by atoms with Crippen LogP contribution in [0.1, 0.15) is 0 Å². The average Bonchev–Trinajstić information content (AvgIpc) is 2.84. The molecule has 0 aliphatic heterocycles. The molecule has 0 aromatic heterocycles. The summed E-state index contributed by atoms with van der Waals surface area (Å²) in [5.74, 6) is 0. The normalized spacial score (nSPS) is 11.4. The molecule has 0 amide bonds. The molecule has 3 heteroatoms. The third kappa shape index (κ3) is 4.29. The highest BCUT2D eigenvalue weighted by Gasteiger charge is 2.41. The van der Waals surface area contributed by atoms with Crippen LogP contribution in [0.25, 0.3) is 0 Å². The molecule has 0 unspecified atom stereocenters. The van der Waals surface area contributed by atoms with Gasteiger partial charge in [-0.3, -0.25) is 0 Å². The summed E-state index contributed by atoms with van der Waals surface area (Å²) in [6.07, 6.45) is 2.04. The van der Waals surface area contributed by atoms with Crippen LogP contribution in [0.4, 0.5) is 0 Å². The molecule has 4 aromatic carbocycles. The Hall–Kier alpha value is -2.99. The van der Waals surface area contributed by atoms with Gasteiger partial charge in [-0.15, -0.1) is 6.58 Å². The van der Waals surface area contributed by atoms with Gasteiger partial charge in [0.05, 0.1) is 0 Å². The van der Waals surface area contributed by atoms with Gasteiger partial charge in [-0.05, 0) is 26.8 Å². The molecule has 4 rings (SSSR count). The van der Waals surface area contributed by atoms with E-state index in [2.05, 4.69) is 128 Å². The van der Waals surface area contributed by atoms with Crippen molar-refractivity contribution in [2.24, 2.45) is 0 Å². The molecule has 0 saturated carbocycles. The molecule has 0 radical (unpaired) electrons. The van der Waals surface area contributed by atoms with E-state index < -0.39 is 17.4 Å². The van der Waals surface area contributed by atoms with Crippen molar-refractivity contribution in [3.8, 4) is 0 Å². The maximum Gasteiger partial charge on any atom is 0.249 e. The number of benzene rings is 4. The number of hydrogen-bond acceptors (Lipinski definition) is 1. The van der Waals surface area contributed by atoms with Crippen molar-refractivity contribution in [2.45, 2.75) is 6.04 Å². The Morgan fingerprint density at radius 1 is 0.600 bits per heavy atom. The lowest BCUT2D eigenvalue weighted by Gasteiger charge is -2.36. The van der Waals surface area contributed by atoms with Crippen LogP contribution in [0, 0.1) is 0 Å². The van der Waals surface area contributed by atoms with E-state index in [9.17, 15) is 0 Å². The van der Waals surface area contributed by atoms with E-state index in [1.807, 2.05) is 6.08 Å². The van der Waals surface area contributed by atoms with Gasteiger partial charge >= 0.3 is 0 Å². The van der Waals surface area contributed by atoms with E-state index in [-0.39, 0.29) is 0 Å². The standard InChI is InChI=1S/C27H26OSi2/c1-2-23-30(26-19-11-5-12-20-26,27-21-13-6-14-22-27)28-29(24-15-7-3-8-16-24)25-17-9-4-10-18-25/h2-22,29H,1,23H2. The molecule has 148 valence electrons. The van der Waals surface area contributed by atoms with Crippen molar-refractivity contribution in [1.82, 2.24) is 0 Å². The van der Waals surface area contributed by atoms with E-state index >= 15 is 0 Å². The minimum Gasteiger partial charge on any atom is -0.444 e. The van der Waals surface area contributed by atoms with Gasteiger partial charge in [-0.1, -0.05) is 127 Å². The van der Waals surface area contributed by atoms with Crippen LogP contribution in [0.15, 0.2) is 134 Å². The summed E-state index contributed by atoms with van der Waals surface area (Å²) in [5.41, 5.74) is 0. The number of rotatable bonds is 8. The van der Waals surface area contributed by atoms with Crippen LogP contribution >= 0.6 is 0 Å². The first-order valence-electron chi connectivity index (χ1n) is 10.3. The maximum atomic E-state index is 7.43. The summed E-state index contributed by atoms with van der Waals surface area (Å²) < 4.78 is 7.43. The van der Waals surface area contributed by atoms with Gasteiger partial charge < -0.3 is 4.12 Å². The third-order valence-electron chi connectivity index (χ3n) is 5.44. The summed E-state index contributed by atoms with van der Waals surface area (Å²) in [7, 11) is -4.47. The largest absolute Gasteiger partial charge is 0.444 e. The fourth-order valence-electron chi connectivity index (χ4n) is 3.99. The van der Waals surface area contributed by atoms with Gasteiger partial charge in [0, 0.05) is 0 Å². The van der Waals surface area contributed by atoms with Crippen LogP contribution in [0.3, 0.4) is 0 Å². The van der Waals surface area contributed by atoms with Crippen LogP contribution in [0.2, 0.25) is 6.04 Å². The topological polar surface area (TPSA) is 9.23 Å². The van der Waals surface area contributed by atoms with E-state index in [4.69, 9.17) is 4.12 Å². The van der Waals surface area contributed by atoms with Crippen molar-refractivity contribution >= 4 is 38.1 Å². The Morgan fingerprint density at radius 3 is 1.33 bits per heavy atom. The van der Waals surface area contributed by atoms with Gasteiger partial charge in [0.25, 0.3) is 0 Å². The molecule has 0 aliphatic rings. The maximum absolute atomic E-state index is 7.43. The second-order valence-corrected chi connectivity index (χ2v) is 13.6. The second kappa shape index (κ2) is 9.68. The van der Waals surface area contributed by atoms with Gasteiger partial charge in [0.15, 0.2) is 0 Å². The molecule has 1 nitrogen and oxygen atoms in total. The van der Waals surface area contributed by atoms with Gasteiger partial charge in [0.1, 0.15) is 0 Å². The molecule has 4 aromatic rings. The summed E-state index contributed by atoms with van der Waals surface area (Å²) >= 11 is 0. The third-order valence-corrected chi connectivity index (χ3v) is 13.4. The molecular weight excluding hydrogens is 396 g/mol. The fraction of sp³-hybridized carbons (Fsp3) is 0.0370. The summed E-state index contributed by atoms with van der Waals surface area (Å²) in [4.78, 5) is 0. The summed E-state index contributed by atoms with van der Waals surface area (Å²) in [5, 5.41) is 5.19. The zero-order chi connectivity index (χ0) is 20.7. The first kappa shape index (κ1) is 20.3. The molecule has 0 saturated heterocycles. The number of allylic oxidation sites excluding steroid dienone is 1. The van der Waals surface area contributed by atoms with E-state index in [0.29, 0.717) is 0 Å². The summed E-state index contributed by atoms with van der Waals surface area (Å²) in [6, 6.07) is 43.8. The molecule has 30 heavy (non-hydrogen) atoms. The van der Waals surface area contributed by atoms with Crippen LogP contribution in [0.5, 0.6) is 0 Å². The van der Waals surface area contributed by atoms with E-state index in [1.165, 1.54) is 20.7 Å². The quantitative estimate of drug-likeness (QED) is 0.312. The molecule has 0 bridgehead atoms. The molecule has 0 fully saturated rings. The van der Waals surface area contributed by atoms with Gasteiger partial charge in [-0.2, -0.15) is 0 Å². The second-order valence-electron chi connectivity index (χ2n) is 7.37. The minimum atomic E-state index is -2.53. The molecule has 0 aliphatic carbocycles. The Morgan fingerprint density at radius 2 is 0.967 bits per heavy atom. The van der Waals surface area contributed by atoms with E-state index in [1.54, 1.807) is 0 Å². The van der Waals surface area contributed by atoms with Crippen molar-refractivity contribution < 1.29 is 4.12 Å². The zero-order valence-electron chi connectivity index (χ0n) is 17.0. The van der Waals surface area contributed by atoms with E-state index in [0.717, 1.165) is 6.04 Å². The number of hydrogen-bond donors (Lipinski definition) is 0. The first-order valence-corrected chi connectivity index (χ1v) is 14.1. The summed E-state index contributed by atoms with van der Waals surface area (Å²) in [6.45, 7) is 4.12. The first-order chi connectivity index (χ1) is 14.8. The van der Waals surface area contributed by atoms with Crippen molar-refractivity contribution in [3.63, 3.8) is 0 Å². The Labute approximate surface area is 182 Å². The van der Waals surface area contributed by atoms with Crippen molar-refractivity contribution in [2.75, 3.05) is 0 Å². The highest BCUT2D eigenvalue weighted by Crippen LogP contribution is 2.16. The molecule has 0 spiro atoms. The SMILES string of the molecule is C=CC[Si](O[SiH](c1ccccc1)c1ccccc1)(c1ccccc1)c1ccccc1. The van der Waals surface area contributed by atoms with Gasteiger partial charge in [0.2, 0.25) is 17.4 Å². The van der Waals surface area contributed by atoms with Crippen LogP contribution in [-0.2, 0) is 4.12 Å². The Balaban J connectivity index is 1.90. The molecule has 0 atom stereocenters. The fourth-order valence-corrected chi connectivity index (χ4v) is 12.4. The lowest BCUT2D eigenvalue weighted by atomic mass is 10.4. The average molecular weight is 423 g/mol. The Bertz CT molecular complexity index is 972. The van der Waals surface area contributed by atoms with Crippen molar-refractivity contribution in [1.29, 1.82) is 0 Å². The zero-order valence-corrected chi connectivity index (χ0v) is 19.2. The van der Waals surface area contributed by atoms with Crippen LogP contribution < -0.4 is 20.7 Å². The predicted molar refractivity (Wildman–Crippen MR) is 133 cm³/mol. The highest BCUT2D eigenvalue weighted by molar-refractivity contribution is 7.03.